The van der Waals surface area contributed by atoms with Gasteiger partial charge in [0.05, 0.1) is 25.8 Å². The summed E-state index contributed by atoms with van der Waals surface area (Å²) in [6.07, 6.45) is 2.08. The zero-order valence-electron chi connectivity index (χ0n) is 14.1. The van der Waals surface area contributed by atoms with Gasteiger partial charge in [0.15, 0.2) is 5.82 Å². The Morgan fingerprint density at radius 3 is 2.88 bits per heavy atom. The summed E-state index contributed by atoms with van der Waals surface area (Å²) in [4.78, 5) is 18.6. The molecule has 7 heteroatoms. The summed E-state index contributed by atoms with van der Waals surface area (Å²) >= 11 is 0. The Labute approximate surface area is 140 Å². The molecule has 7 nitrogen and oxygen atoms in total. The molecule has 1 aliphatic rings. The molecule has 2 heterocycles. The lowest BCUT2D eigenvalue weighted by atomic mass is 10.1. The van der Waals surface area contributed by atoms with Crippen LogP contribution in [0.25, 0.3) is 0 Å². The van der Waals surface area contributed by atoms with E-state index in [0.29, 0.717) is 36.2 Å². The molecule has 1 amide bonds. The van der Waals surface area contributed by atoms with Gasteiger partial charge in [-0.1, -0.05) is 12.1 Å². The Balaban J connectivity index is 1.82. The van der Waals surface area contributed by atoms with Crippen LogP contribution in [0.1, 0.15) is 37.4 Å². The van der Waals surface area contributed by atoms with Gasteiger partial charge in [0.2, 0.25) is 11.8 Å². The Morgan fingerprint density at radius 1 is 1.33 bits per heavy atom. The second kappa shape index (κ2) is 6.90. The maximum atomic E-state index is 12.5. The Bertz CT molecular complexity index is 728. The van der Waals surface area contributed by atoms with Crippen LogP contribution in [0.3, 0.4) is 0 Å². The summed E-state index contributed by atoms with van der Waals surface area (Å²) in [6, 6.07) is 5.40. The molecule has 0 radical (unpaired) electrons. The fourth-order valence-corrected chi connectivity index (χ4v) is 2.87. The van der Waals surface area contributed by atoms with Crippen molar-refractivity contribution in [1.29, 1.82) is 0 Å². The van der Waals surface area contributed by atoms with Gasteiger partial charge in [0.25, 0.3) is 0 Å². The normalized spacial score (nSPS) is 17.4. The lowest BCUT2D eigenvalue weighted by Crippen LogP contribution is -2.24. The number of benzene rings is 1. The Hall–Kier alpha value is -2.57. The zero-order valence-corrected chi connectivity index (χ0v) is 14.1. The van der Waals surface area contributed by atoms with E-state index in [1.54, 1.807) is 25.2 Å². The van der Waals surface area contributed by atoms with Gasteiger partial charge in [-0.15, -0.1) is 0 Å². The summed E-state index contributed by atoms with van der Waals surface area (Å²) in [5.41, 5.74) is 0.721. The number of rotatable bonds is 6. The number of hydrogen-bond donors (Lipinski definition) is 0. The average molecular weight is 331 g/mol. The van der Waals surface area contributed by atoms with E-state index in [-0.39, 0.29) is 11.8 Å². The van der Waals surface area contributed by atoms with Crippen molar-refractivity contribution in [3.63, 3.8) is 0 Å². The fourth-order valence-electron chi connectivity index (χ4n) is 2.87. The molecule has 0 aliphatic carbocycles. The van der Waals surface area contributed by atoms with Crippen molar-refractivity contribution in [3.8, 4) is 11.5 Å². The third kappa shape index (κ3) is 3.06. The SMILES string of the molecule is CCCc1noc(C2CC(=O)N(c3ccc(OC)cc3OC)C2)n1. The number of aryl methyl sites for hydroxylation is 1. The highest BCUT2D eigenvalue weighted by molar-refractivity contribution is 5.97. The van der Waals surface area contributed by atoms with Gasteiger partial charge in [0, 0.05) is 25.5 Å². The first kappa shape index (κ1) is 16.3. The van der Waals surface area contributed by atoms with Crippen molar-refractivity contribution in [2.75, 3.05) is 25.7 Å². The first-order valence-corrected chi connectivity index (χ1v) is 8.01. The first-order valence-electron chi connectivity index (χ1n) is 8.01. The Kier molecular flexibility index (Phi) is 4.69. The number of nitrogens with zero attached hydrogens (tertiary/aromatic N) is 3. The molecule has 1 unspecified atom stereocenters. The van der Waals surface area contributed by atoms with E-state index in [1.165, 1.54) is 0 Å². The third-order valence-electron chi connectivity index (χ3n) is 4.11. The van der Waals surface area contributed by atoms with Gasteiger partial charge < -0.3 is 18.9 Å². The summed E-state index contributed by atoms with van der Waals surface area (Å²) in [5.74, 6) is 2.42. The number of amides is 1. The number of methoxy groups -OCH3 is 2. The molecule has 1 aromatic heterocycles. The van der Waals surface area contributed by atoms with Gasteiger partial charge >= 0.3 is 0 Å². The van der Waals surface area contributed by atoms with Crippen LogP contribution < -0.4 is 14.4 Å². The zero-order chi connectivity index (χ0) is 17.1. The average Bonchev–Trinajstić information content (AvgIpc) is 3.21. The van der Waals surface area contributed by atoms with Crippen LogP contribution in [0.2, 0.25) is 0 Å². The van der Waals surface area contributed by atoms with Crippen LogP contribution in [0.4, 0.5) is 5.69 Å². The number of aromatic nitrogens is 2. The minimum absolute atomic E-state index is 0.0127. The molecule has 24 heavy (non-hydrogen) atoms. The highest BCUT2D eigenvalue weighted by Gasteiger charge is 2.36. The molecule has 2 aromatic rings. The highest BCUT2D eigenvalue weighted by Crippen LogP contribution is 2.37. The second-order valence-corrected chi connectivity index (χ2v) is 5.74. The molecule has 0 saturated carbocycles. The smallest absolute Gasteiger partial charge is 0.232 e. The standard InChI is InChI=1S/C17H21N3O4/c1-4-5-15-18-17(24-19-15)11-8-16(21)20(10-11)13-7-6-12(22-2)9-14(13)23-3/h6-7,9,11H,4-5,8,10H2,1-3H3. The van der Waals surface area contributed by atoms with Crippen molar-refractivity contribution in [3.05, 3.63) is 29.9 Å². The molecular formula is C17H21N3O4. The van der Waals surface area contributed by atoms with E-state index in [9.17, 15) is 4.79 Å². The molecule has 1 aromatic carbocycles. The lowest BCUT2D eigenvalue weighted by Gasteiger charge is -2.19. The predicted octanol–water partition coefficient (Wildman–Crippen LogP) is 2.56. The molecule has 1 saturated heterocycles. The monoisotopic (exact) mass is 331 g/mol. The van der Waals surface area contributed by atoms with E-state index < -0.39 is 0 Å². The summed E-state index contributed by atoms with van der Waals surface area (Å²) in [6.45, 7) is 2.56. The molecule has 128 valence electrons. The van der Waals surface area contributed by atoms with Crippen LogP contribution in [0.15, 0.2) is 22.7 Å². The maximum Gasteiger partial charge on any atom is 0.232 e. The minimum atomic E-state index is -0.0950. The Morgan fingerprint density at radius 2 is 2.17 bits per heavy atom. The predicted molar refractivity (Wildman–Crippen MR) is 87.6 cm³/mol. The molecule has 0 spiro atoms. The largest absolute Gasteiger partial charge is 0.497 e. The summed E-state index contributed by atoms with van der Waals surface area (Å²) in [5, 5.41) is 3.97. The van der Waals surface area contributed by atoms with Crippen molar-refractivity contribution in [2.45, 2.75) is 32.1 Å². The van der Waals surface area contributed by atoms with E-state index >= 15 is 0 Å². The molecule has 0 bridgehead atoms. The summed E-state index contributed by atoms with van der Waals surface area (Å²) < 4.78 is 15.9. The van der Waals surface area contributed by atoms with Gasteiger partial charge in [-0.3, -0.25) is 4.79 Å². The van der Waals surface area contributed by atoms with Crippen LogP contribution in [-0.4, -0.2) is 36.8 Å². The number of carbonyl (C=O) groups is 1. The van der Waals surface area contributed by atoms with Crippen LogP contribution >= 0.6 is 0 Å². The van der Waals surface area contributed by atoms with Crippen LogP contribution in [0, 0.1) is 0 Å². The molecular weight excluding hydrogens is 310 g/mol. The number of hydrogen-bond acceptors (Lipinski definition) is 6. The van der Waals surface area contributed by atoms with Crippen molar-refractivity contribution in [2.24, 2.45) is 0 Å². The lowest BCUT2D eigenvalue weighted by molar-refractivity contribution is -0.117. The van der Waals surface area contributed by atoms with Gasteiger partial charge in [-0.25, -0.2) is 0 Å². The van der Waals surface area contributed by atoms with E-state index in [2.05, 4.69) is 17.1 Å². The highest BCUT2D eigenvalue weighted by atomic mass is 16.5. The topological polar surface area (TPSA) is 77.7 Å². The molecule has 1 atom stereocenters. The number of carbonyl (C=O) groups excluding carboxylic acids is 1. The van der Waals surface area contributed by atoms with Crippen molar-refractivity contribution in [1.82, 2.24) is 10.1 Å². The second-order valence-electron chi connectivity index (χ2n) is 5.74. The maximum absolute atomic E-state index is 12.5. The van der Waals surface area contributed by atoms with E-state index in [4.69, 9.17) is 14.0 Å². The molecule has 0 N–H and O–H groups in total. The van der Waals surface area contributed by atoms with E-state index in [1.807, 2.05) is 12.1 Å². The van der Waals surface area contributed by atoms with Gasteiger partial charge in [-0.05, 0) is 18.6 Å². The molecule has 3 rings (SSSR count). The van der Waals surface area contributed by atoms with Crippen molar-refractivity contribution >= 4 is 11.6 Å². The fraction of sp³-hybridized carbons (Fsp3) is 0.471. The molecule has 1 aliphatic heterocycles. The van der Waals surface area contributed by atoms with Gasteiger partial charge in [-0.2, -0.15) is 4.98 Å². The van der Waals surface area contributed by atoms with Crippen LogP contribution in [0.5, 0.6) is 11.5 Å². The van der Waals surface area contributed by atoms with E-state index in [0.717, 1.165) is 18.5 Å². The van der Waals surface area contributed by atoms with Crippen molar-refractivity contribution < 1.29 is 18.8 Å². The third-order valence-corrected chi connectivity index (χ3v) is 4.11. The number of ether oxygens (including phenoxy) is 2. The van der Waals surface area contributed by atoms with Gasteiger partial charge in [0.1, 0.15) is 11.5 Å². The quantitative estimate of drug-likeness (QED) is 0.809. The summed E-state index contributed by atoms with van der Waals surface area (Å²) in [7, 11) is 3.17. The minimum Gasteiger partial charge on any atom is -0.497 e. The van der Waals surface area contributed by atoms with Crippen LogP contribution in [-0.2, 0) is 11.2 Å². The molecule has 1 fully saturated rings. The first-order chi connectivity index (χ1) is 11.7. The number of anilines is 1.